The number of aromatic nitrogens is 4. The minimum atomic E-state index is -3.52. The van der Waals surface area contributed by atoms with Gasteiger partial charge in [-0.1, -0.05) is 49.7 Å². The number of piperidine rings is 1. The van der Waals surface area contributed by atoms with Gasteiger partial charge in [0.05, 0.1) is 17.7 Å². The molecule has 2 aromatic heterocycles. The SMILES string of the molecule is CCc1ccc(S(=O)(=O)NCCN2CCC(Cn3cc(-c4c(C(=O)OCC(C)C)[nH]c5ccc(Cl)cc45)nn3)CC2)cc1. The van der Waals surface area contributed by atoms with Crippen molar-refractivity contribution in [2.24, 2.45) is 11.8 Å². The Morgan fingerprint density at radius 2 is 1.91 bits per heavy atom. The molecule has 4 aromatic rings. The van der Waals surface area contributed by atoms with Crippen LogP contribution in [-0.2, 0) is 27.7 Å². The van der Waals surface area contributed by atoms with E-state index in [4.69, 9.17) is 16.3 Å². The number of rotatable bonds is 12. The van der Waals surface area contributed by atoms with Crippen molar-refractivity contribution < 1.29 is 17.9 Å². The predicted octanol–water partition coefficient (Wildman–Crippen LogP) is 5.15. The minimum Gasteiger partial charge on any atom is -0.461 e. The van der Waals surface area contributed by atoms with E-state index in [-0.39, 0.29) is 5.92 Å². The van der Waals surface area contributed by atoms with Gasteiger partial charge in [-0.25, -0.2) is 17.9 Å². The van der Waals surface area contributed by atoms with Crippen LogP contribution in [0.15, 0.2) is 53.6 Å². The van der Waals surface area contributed by atoms with Crippen molar-refractivity contribution in [2.75, 3.05) is 32.8 Å². The number of aromatic amines is 1. The molecule has 0 unspecified atom stereocenters. The molecule has 0 spiro atoms. The Morgan fingerprint density at radius 3 is 2.60 bits per heavy atom. The molecule has 43 heavy (non-hydrogen) atoms. The summed E-state index contributed by atoms with van der Waals surface area (Å²) >= 11 is 6.30. The maximum Gasteiger partial charge on any atom is 0.355 e. The lowest BCUT2D eigenvalue weighted by Crippen LogP contribution is -2.40. The average molecular weight is 627 g/mol. The second kappa shape index (κ2) is 13.6. The topological polar surface area (TPSA) is 122 Å². The zero-order valence-corrected chi connectivity index (χ0v) is 26.4. The number of benzene rings is 2. The number of nitrogens with zero attached hydrogens (tertiary/aromatic N) is 4. The number of sulfonamides is 1. The number of ether oxygens (including phenoxy) is 1. The number of likely N-dealkylation sites (tertiary alicyclic amines) is 1. The molecule has 2 aromatic carbocycles. The van der Waals surface area contributed by atoms with E-state index in [1.165, 1.54) is 0 Å². The Labute approximate surface area is 257 Å². The smallest absolute Gasteiger partial charge is 0.355 e. The number of esters is 1. The number of nitrogens with one attached hydrogen (secondary N) is 2. The second-order valence-electron chi connectivity index (χ2n) is 11.6. The van der Waals surface area contributed by atoms with Crippen LogP contribution in [0.4, 0.5) is 0 Å². The van der Waals surface area contributed by atoms with Crippen LogP contribution in [0.25, 0.3) is 22.2 Å². The van der Waals surface area contributed by atoms with E-state index in [9.17, 15) is 13.2 Å². The van der Waals surface area contributed by atoms with E-state index in [2.05, 4.69) is 24.9 Å². The summed E-state index contributed by atoms with van der Waals surface area (Å²) in [6.45, 7) is 9.83. The third kappa shape index (κ3) is 7.64. The highest BCUT2D eigenvalue weighted by atomic mass is 35.5. The molecule has 1 aliphatic heterocycles. The largest absolute Gasteiger partial charge is 0.461 e. The number of carbonyl (C=O) groups is 1. The summed E-state index contributed by atoms with van der Waals surface area (Å²) in [6.07, 6.45) is 4.68. The fraction of sp³-hybridized carbons (Fsp3) is 0.452. The highest BCUT2D eigenvalue weighted by molar-refractivity contribution is 7.89. The molecule has 1 aliphatic rings. The second-order valence-corrected chi connectivity index (χ2v) is 13.8. The van der Waals surface area contributed by atoms with Crippen LogP contribution in [0.2, 0.25) is 5.02 Å². The Bertz CT molecular complexity index is 1660. The van der Waals surface area contributed by atoms with E-state index < -0.39 is 16.0 Å². The van der Waals surface area contributed by atoms with Crippen LogP contribution in [0, 0.1) is 11.8 Å². The van der Waals surface area contributed by atoms with Crippen LogP contribution in [-0.4, -0.2) is 72.1 Å². The number of hydrogen-bond acceptors (Lipinski definition) is 7. The molecule has 2 N–H and O–H groups in total. The first-order valence-electron chi connectivity index (χ1n) is 14.8. The molecule has 0 saturated carbocycles. The van der Waals surface area contributed by atoms with E-state index >= 15 is 0 Å². The highest BCUT2D eigenvalue weighted by Crippen LogP contribution is 2.34. The Kier molecular flexibility index (Phi) is 9.85. The maximum atomic E-state index is 13.0. The van der Waals surface area contributed by atoms with Crippen molar-refractivity contribution in [3.63, 3.8) is 0 Å². The first-order valence-corrected chi connectivity index (χ1v) is 16.7. The zero-order chi connectivity index (χ0) is 30.6. The third-order valence-corrected chi connectivity index (χ3v) is 9.53. The van der Waals surface area contributed by atoms with Crippen LogP contribution in [0.5, 0.6) is 0 Å². The fourth-order valence-corrected chi connectivity index (χ4v) is 6.58. The quantitative estimate of drug-likeness (QED) is 0.209. The lowest BCUT2D eigenvalue weighted by atomic mass is 9.97. The molecule has 3 heterocycles. The van der Waals surface area contributed by atoms with Gasteiger partial charge in [-0.2, -0.15) is 0 Å². The van der Waals surface area contributed by atoms with Crippen molar-refractivity contribution in [2.45, 2.75) is 51.5 Å². The third-order valence-electron chi connectivity index (χ3n) is 7.82. The summed E-state index contributed by atoms with van der Waals surface area (Å²) in [5, 5.41) is 10.2. The number of hydrogen-bond donors (Lipinski definition) is 2. The van der Waals surface area contributed by atoms with Crippen molar-refractivity contribution in [3.05, 3.63) is 64.9 Å². The van der Waals surface area contributed by atoms with Crippen molar-refractivity contribution >= 4 is 38.5 Å². The van der Waals surface area contributed by atoms with Crippen LogP contribution >= 0.6 is 11.6 Å². The van der Waals surface area contributed by atoms with Gasteiger partial charge in [0.1, 0.15) is 11.4 Å². The summed E-state index contributed by atoms with van der Waals surface area (Å²) in [5.74, 6) is 0.188. The summed E-state index contributed by atoms with van der Waals surface area (Å²) in [5.41, 5.74) is 3.44. The Balaban J connectivity index is 1.17. The molecule has 0 radical (unpaired) electrons. The van der Waals surface area contributed by atoms with Gasteiger partial charge in [0.25, 0.3) is 0 Å². The minimum absolute atomic E-state index is 0.214. The van der Waals surface area contributed by atoms with Gasteiger partial charge in [-0.15, -0.1) is 5.10 Å². The lowest BCUT2D eigenvalue weighted by Gasteiger charge is -2.31. The Morgan fingerprint density at radius 1 is 1.16 bits per heavy atom. The monoisotopic (exact) mass is 626 g/mol. The van der Waals surface area contributed by atoms with E-state index in [0.29, 0.717) is 59.0 Å². The molecule has 0 atom stereocenters. The molecular weight excluding hydrogens is 588 g/mol. The number of aryl methyl sites for hydroxylation is 1. The number of halogens is 1. The predicted molar refractivity (Wildman–Crippen MR) is 168 cm³/mol. The van der Waals surface area contributed by atoms with Gasteiger partial charge >= 0.3 is 5.97 Å². The molecule has 1 fully saturated rings. The fourth-order valence-electron chi connectivity index (χ4n) is 5.38. The molecule has 10 nitrogen and oxygen atoms in total. The summed E-state index contributed by atoms with van der Waals surface area (Å²) in [7, 11) is -3.52. The molecule has 0 amide bonds. The molecule has 1 saturated heterocycles. The van der Waals surface area contributed by atoms with Gasteiger partial charge in [-0.3, -0.25) is 4.68 Å². The molecule has 230 valence electrons. The van der Waals surface area contributed by atoms with Crippen molar-refractivity contribution in [1.82, 2.24) is 29.6 Å². The van der Waals surface area contributed by atoms with Crippen LogP contribution < -0.4 is 4.72 Å². The molecule has 0 aliphatic carbocycles. The van der Waals surface area contributed by atoms with E-state index in [0.717, 1.165) is 48.8 Å². The van der Waals surface area contributed by atoms with Crippen LogP contribution in [0.3, 0.4) is 0 Å². The summed E-state index contributed by atoms with van der Waals surface area (Å²) < 4.78 is 35.4. The molecular formula is C31H39ClN6O4S. The Hall–Kier alpha value is -3.25. The van der Waals surface area contributed by atoms with Gasteiger partial charge in [0, 0.05) is 41.1 Å². The zero-order valence-electron chi connectivity index (χ0n) is 24.8. The normalized spacial score (nSPS) is 15.0. The van der Waals surface area contributed by atoms with Gasteiger partial charge < -0.3 is 14.6 Å². The van der Waals surface area contributed by atoms with Crippen molar-refractivity contribution in [3.8, 4) is 11.3 Å². The van der Waals surface area contributed by atoms with Crippen molar-refractivity contribution in [1.29, 1.82) is 0 Å². The number of fused-ring (bicyclic) bond motifs is 1. The molecule has 12 heteroatoms. The summed E-state index contributed by atoms with van der Waals surface area (Å²) in [4.78, 5) is 18.8. The highest BCUT2D eigenvalue weighted by Gasteiger charge is 2.25. The first kappa shape index (κ1) is 31.2. The number of H-pyrrole nitrogens is 1. The average Bonchev–Trinajstić information content (AvgIpc) is 3.60. The van der Waals surface area contributed by atoms with E-state index in [1.807, 2.05) is 55.9 Å². The maximum absolute atomic E-state index is 13.0. The number of carbonyl (C=O) groups excluding carboxylic acids is 1. The van der Waals surface area contributed by atoms with Crippen LogP contribution in [0.1, 0.15) is 49.7 Å². The van der Waals surface area contributed by atoms with Gasteiger partial charge in [-0.05, 0) is 80.1 Å². The lowest BCUT2D eigenvalue weighted by molar-refractivity contribution is 0.0454. The summed E-state index contributed by atoms with van der Waals surface area (Å²) in [6, 6.07) is 12.5. The first-order chi connectivity index (χ1) is 20.6. The van der Waals surface area contributed by atoms with Gasteiger partial charge in [0.2, 0.25) is 10.0 Å². The molecule has 5 rings (SSSR count). The molecule has 0 bridgehead atoms. The van der Waals surface area contributed by atoms with E-state index in [1.54, 1.807) is 18.2 Å². The van der Waals surface area contributed by atoms with Gasteiger partial charge in [0.15, 0.2) is 0 Å². The standard InChI is InChI=1S/C31H39ClN6O4S/c1-4-22-5-8-25(9-6-22)43(40,41)33-13-16-37-14-11-23(12-15-37)18-38-19-28(35-36-38)29-26-17-24(32)7-10-27(26)34-30(29)31(39)42-20-21(2)3/h5-10,17,19,21,23,33-34H,4,11-16,18,20H2,1-3H3.